The highest BCUT2D eigenvalue weighted by Gasteiger charge is 2.10. The van der Waals surface area contributed by atoms with Crippen LogP contribution in [0.2, 0.25) is 5.02 Å². The summed E-state index contributed by atoms with van der Waals surface area (Å²) in [6.45, 7) is 0. The number of rotatable bonds is 5. The Morgan fingerprint density at radius 3 is 2.80 bits per heavy atom. The molecule has 20 heavy (non-hydrogen) atoms. The third kappa shape index (κ3) is 3.61. The Bertz CT molecular complexity index is 620. The Morgan fingerprint density at radius 1 is 1.40 bits per heavy atom. The van der Waals surface area contributed by atoms with Gasteiger partial charge in [-0.05, 0) is 23.8 Å². The number of benzene rings is 1. The number of hydrogen-bond donors (Lipinski definition) is 1. The van der Waals surface area contributed by atoms with Crippen LogP contribution in [0, 0.1) is 10.1 Å². The summed E-state index contributed by atoms with van der Waals surface area (Å²) in [5.41, 5.74) is 1.82. The summed E-state index contributed by atoms with van der Waals surface area (Å²) < 4.78 is 0. The molecule has 1 aromatic carbocycles. The number of anilines is 1. The van der Waals surface area contributed by atoms with E-state index in [1.165, 1.54) is 17.8 Å². The van der Waals surface area contributed by atoms with Gasteiger partial charge >= 0.3 is 0 Å². The van der Waals surface area contributed by atoms with Gasteiger partial charge in [0.05, 0.1) is 15.0 Å². The molecule has 0 aliphatic carbocycles. The van der Waals surface area contributed by atoms with Gasteiger partial charge in [0.1, 0.15) is 0 Å². The number of thioether (sulfide) groups is 1. The van der Waals surface area contributed by atoms with Crippen LogP contribution in [0.3, 0.4) is 0 Å². The van der Waals surface area contributed by atoms with Gasteiger partial charge < -0.3 is 5.32 Å². The largest absolute Gasteiger partial charge is 0.388 e. The summed E-state index contributed by atoms with van der Waals surface area (Å²) in [5, 5.41) is 15.3. The Hall–Kier alpha value is -1.79. The van der Waals surface area contributed by atoms with Crippen molar-refractivity contribution in [1.82, 2.24) is 4.98 Å². The average Bonchev–Trinajstić information content (AvgIpc) is 2.46. The minimum atomic E-state index is -0.395. The van der Waals surface area contributed by atoms with Crippen LogP contribution in [0.5, 0.6) is 0 Å². The van der Waals surface area contributed by atoms with Crippen LogP contribution < -0.4 is 5.32 Å². The molecular formula is C13H12ClN3O2S. The van der Waals surface area contributed by atoms with Crippen LogP contribution in [0.1, 0.15) is 5.56 Å². The Morgan fingerprint density at radius 2 is 2.20 bits per heavy atom. The number of halogens is 1. The number of nitro groups is 1. The van der Waals surface area contributed by atoms with Gasteiger partial charge in [-0.1, -0.05) is 11.6 Å². The van der Waals surface area contributed by atoms with Crippen LogP contribution in [0.4, 0.5) is 11.4 Å². The first-order valence-electron chi connectivity index (χ1n) is 5.79. The second kappa shape index (κ2) is 6.58. The topological polar surface area (TPSA) is 68.1 Å². The number of nitrogens with one attached hydrogen (secondary N) is 1. The summed E-state index contributed by atoms with van der Waals surface area (Å²) in [5.74, 6) is 0.590. The summed E-state index contributed by atoms with van der Waals surface area (Å²) >= 11 is 7.28. The fraction of sp³-hybridized carbons (Fsp3) is 0.154. The predicted octanol–water partition coefficient (Wildman–Crippen LogP) is 3.98. The highest BCUT2D eigenvalue weighted by Crippen LogP contribution is 2.28. The fourth-order valence-electron chi connectivity index (χ4n) is 1.66. The summed E-state index contributed by atoms with van der Waals surface area (Å²) in [6.07, 6.45) is 1.58. The van der Waals surface area contributed by atoms with E-state index in [1.807, 2.05) is 6.07 Å². The highest BCUT2D eigenvalue weighted by molar-refractivity contribution is 7.98. The Kier molecular flexibility index (Phi) is 4.81. The van der Waals surface area contributed by atoms with Crippen LogP contribution in [0.15, 0.2) is 41.6 Å². The molecule has 0 atom stereocenters. The fourth-order valence-corrected chi connectivity index (χ4v) is 2.60. The minimum Gasteiger partial charge on any atom is -0.388 e. The number of pyridine rings is 1. The molecule has 0 amide bonds. The maximum Gasteiger partial charge on any atom is 0.269 e. The second-order valence-corrected chi connectivity index (χ2v) is 5.38. The van der Waals surface area contributed by atoms with Crippen molar-refractivity contribution in [1.29, 1.82) is 0 Å². The zero-order valence-electron chi connectivity index (χ0n) is 10.7. The SMILES string of the molecule is CNc1ccc([N+](=O)[O-])cc1CSc1ccc(Cl)cn1. The smallest absolute Gasteiger partial charge is 0.269 e. The van der Waals surface area contributed by atoms with E-state index in [2.05, 4.69) is 10.3 Å². The van der Waals surface area contributed by atoms with Crippen molar-refractivity contribution in [2.45, 2.75) is 10.8 Å². The third-order valence-electron chi connectivity index (χ3n) is 2.64. The summed E-state index contributed by atoms with van der Waals surface area (Å²) in [6, 6.07) is 8.37. The molecule has 0 saturated carbocycles. The molecule has 5 nitrogen and oxygen atoms in total. The van der Waals surface area contributed by atoms with Crippen LogP contribution >= 0.6 is 23.4 Å². The van der Waals surface area contributed by atoms with Gasteiger partial charge in [-0.25, -0.2) is 4.98 Å². The van der Waals surface area contributed by atoms with Crippen LogP contribution in [-0.4, -0.2) is 17.0 Å². The van der Waals surface area contributed by atoms with Gasteiger partial charge in [-0.2, -0.15) is 0 Å². The summed E-state index contributed by atoms with van der Waals surface area (Å²) in [7, 11) is 1.79. The lowest BCUT2D eigenvalue weighted by molar-refractivity contribution is -0.384. The standard InChI is InChI=1S/C13H12ClN3O2S/c1-15-12-4-3-11(17(18)19)6-9(12)8-20-13-5-2-10(14)7-16-13/h2-7,15H,8H2,1H3. The predicted molar refractivity (Wildman–Crippen MR) is 81.5 cm³/mol. The first-order valence-corrected chi connectivity index (χ1v) is 7.16. The first-order chi connectivity index (χ1) is 9.60. The average molecular weight is 310 g/mol. The van der Waals surface area contributed by atoms with Gasteiger partial charge in [0.25, 0.3) is 5.69 Å². The van der Waals surface area contributed by atoms with Crippen molar-refractivity contribution in [3.63, 3.8) is 0 Å². The zero-order valence-corrected chi connectivity index (χ0v) is 12.2. The first kappa shape index (κ1) is 14.6. The van der Waals surface area contributed by atoms with Crippen molar-refractivity contribution < 1.29 is 4.92 Å². The number of nitrogens with zero attached hydrogens (tertiary/aromatic N) is 2. The van der Waals surface area contributed by atoms with Crippen LogP contribution in [0.25, 0.3) is 0 Å². The van der Waals surface area contributed by atoms with E-state index in [0.29, 0.717) is 10.8 Å². The maximum absolute atomic E-state index is 10.8. The van der Waals surface area contributed by atoms with Crippen molar-refractivity contribution in [2.24, 2.45) is 0 Å². The van der Waals surface area contributed by atoms with Crippen molar-refractivity contribution in [3.05, 3.63) is 57.2 Å². The second-order valence-electron chi connectivity index (χ2n) is 3.95. The lowest BCUT2D eigenvalue weighted by Crippen LogP contribution is -1.97. The lowest BCUT2D eigenvalue weighted by Gasteiger charge is -2.08. The van der Waals surface area contributed by atoms with Gasteiger partial charge in [-0.15, -0.1) is 11.8 Å². The minimum absolute atomic E-state index is 0.0867. The van der Waals surface area contributed by atoms with Crippen molar-refractivity contribution in [3.8, 4) is 0 Å². The quantitative estimate of drug-likeness (QED) is 0.514. The molecule has 7 heteroatoms. The number of non-ortho nitro benzene ring substituents is 1. The van der Waals surface area contributed by atoms with E-state index in [0.717, 1.165) is 16.3 Å². The zero-order chi connectivity index (χ0) is 14.5. The monoisotopic (exact) mass is 309 g/mol. The molecule has 0 radical (unpaired) electrons. The molecule has 1 heterocycles. The van der Waals surface area contributed by atoms with Gasteiger partial charge in [0, 0.05) is 36.8 Å². The Labute approximate surface area is 125 Å². The maximum atomic E-state index is 10.8. The molecule has 0 aliphatic heterocycles. The van der Waals surface area contributed by atoms with Gasteiger partial charge in [0.2, 0.25) is 0 Å². The molecule has 104 valence electrons. The number of aromatic nitrogens is 1. The van der Waals surface area contributed by atoms with Crippen LogP contribution in [-0.2, 0) is 5.75 Å². The molecule has 1 N–H and O–H groups in total. The molecule has 0 unspecified atom stereocenters. The van der Waals surface area contributed by atoms with E-state index in [4.69, 9.17) is 11.6 Å². The molecular weight excluding hydrogens is 298 g/mol. The molecule has 0 spiro atoms. The molecule has 0 saturated heterocycles. The van der Waals surface area contributed by atoms with E-state index >= 15 is 0 Å². The summed E-state index contributed by atoms with van der Waals surface area (Å²) in [4.78, 5) is 14.6. The lowest BCUT2D eigenvalue weighted by atomic mass is 10.2. The number of hydrogen-bond acceptors (Lipinski definition) is 5. The molecule has 2 rings (SSSR count). The van der Waals surface area contributed by atoms with E-state index in [-0.39, 0.29) is 5.69 Å². The van der Waals surface area contributed by atoms with Crippen molar-refractivity contribution in [2.75, 3.05) is 12.4 Å². The molecule has 2 aromatic rings. The molecule has 0 fully saturated rings. The van der Waals surface area contributed by atoms with Crippen molar-refractivity contribution >= 4 is 34.7 Å². The molecule has 1 aromatic heterocycles. The Balaban J connectivity index is 2.16. The van der Waals surface area contributed by atoms with Gasteiger partial charge in [0.15, 0.2) is 0 Å². The highest BCUT2D eigenvalue weighted by atomic mass is 35.5. The normalized spacial score (nSPS) is 10.3. The van der Waals surface area contributed by atoms with Gasteiger partial charge in [-0.3, -0.25) is 10.1 Å². The van der Waals surface area contributed by atoms with E-state index in [9.17, 15) is 10.1 Å². The third-order valence-corrected chi connectivity index (χ3v) is 3.86. The van der Waals surface area contributed by atoms with E-state index < -0.39 is 4.92 Å². The molecule has 0 bridgehead atoms. The van der Waals surface area contributed by atoms with E-state index in [1.54, 1.807) is 31.4 Å². The molecule has 0 aliphatic rings. The number of nitro benzene ring substituents is 1.